The van der Waals surface area contributed by atoms with Gasteiger partial charge in [-0.05, 0) is 47.7 Å². The predicted octanol–water partition coefficient (Wildman–Crippen LogP) is 3.18. The molecule has 1 aliphatic rings. The number of fused-ring (bicyclic) bond motifs is 4. The van der Waals surface area contributed by atoms with E-state index in [1.165, 1.54) is 14.0 Å². The number of hydrogen-bond acceptors (Lipinski definition) is 6. The number of benzene rings is 2. The molecule has 0 radical (unpaired) electrons. The molecule has 1 aliphatic heterocycles. The third-order valence-electron chi connectivity index (χ3n) is 5.14. The van der Waals surface area contributed by atoms with Gasteiger partial charge in [0.15, 0.2) is 23.0 Å². The summed E-state index contributed by atoms with van der Waals surface area (Å²) in [6.45, 7) is 1.88. The first-order valence-electron chi connectivity index (χ1n) is 9.16. The van der Waals surface area contributed by atoms with E-state index in [-0.39, 0.29) is 5.56 Å². The van der Waals surface area contributed by atoms with Crippen molar-refractivity contribution < 1.29 is 23.7 Å². The molecule has 4 rings (SSSR count). The average Bonchev–Trinajstić information content (AvgIpc) is 2.72. The van der Waals surface area contributed by atoms with E-state index < -0.39 is 5.97 Å². The van der Waals surface area contributed by atoms with Gasteiger partial charge in [0, 0.05) is 19.0 Å². The lowest BCUT2D eigenvalue weighted by atomic mass is 9.95. The second-order valence-electron chi connectivity index (χ2n) is 6.78. The minimum atomic E-state index is -0.438. The Kier molecular flexibility index (Phi) is 4.66. The number of aryl methyl sites for hydroxylation is 1. The molecule has 150 valence electrons. The van der Waals surface area contributed by atoms with Crippen molar-refractivity contribution >= 4 is 16.7 Å². The molecule has 2 heterocycles. The Hall–Kier alpha value is -3.48. The minimum absolute atomic E-state index is 0.103. The lowest BCUT2D eigenvalue weighted by molar-refractivity contribution is -0.132. The number of ether oxygens (including phenoxy) is 4. The fourth-order valence-corrected chi connectivity index (χ4v) is 3.80. The van der Waals surface area contributed by atoms with Gasteiger partial charge >= 0.3 is 5.97 Å². The summed E-state index contributed by atoms with van der Waals surface area (Å²) >= 11 is 0. The average molecular weight is 395 g/mol. The normalized spacial score (nSPS) is 12.1. The number of aromatic nitrogens is 1. The summed E-state index contributed by atoms with van der Waals surface area (Å²) < 4.78 is 23.1. The fourth-order valence-electron chi connectivity index (χ4n) is 3.80. The van der Waals surface area contributed by atoms with Crippen LogP contribution in [-0.4, -0.2) is 31.9 Å². The summed E-state index contributed by atoms with van der Waals surface area (Å²) in [4.78, 5) is 24.7. The standard InChI is InChI=1S/C22H21NO6/c1-12(24)29-21-10-15-13(8-19(21)27-3)5-6-23-17(15)7-14-9-18(26-2)20(28-4)11-16(14)22(23)25/h7-11H,5-6H2,1-4H3. The number of carbonyl (C=O) groups is 1. The quantitative estimate of drug-likeness (QED) is 0.499. The Bertz CT molecular complexity index is 1190. The minimum Gasteiger partial charge on any atom is -0.493 e. The summed E-state index contributed by atoms with van der Waals surface area (Å²) in [6.07, 6.45) is 0.664. The molecule has 0 aliphatic carbocycles. The van der Waals surface area contributed by atoms with Gasteiger partial charge in [0.1, 0.15) is 0 Å². The molecule has 0 saturated carbocycles. The molecule has 0 bridgehead atoms. The van der Waals surface area contributed by atoms with E-state index in [2.05, 4.69) is 0 Å². The van der Waals surface area contributed by atoms with E-state index in [4.69, 9.17) is 18.9 Å². The monoisotopic (exact) mass is 395 g/mol. The predicted molar refractivity (Wildman–Crippen MR) is 108 cm³/mol. The van der Waals surface area contributed by atoms with Crippen molar-refractivity contribution in [3.05, 3.63) is 46.2 Å². The molecule has 0 unspecified atom stereocenters. The van der Waals surface area contributed by atoms with Gasteiger partial charge in [-0.25, -0.2) is 0 Å². The topological polar surface area (TPSA) is 76.0 Å². The van der Waals surface area contributed by atoms with Gasteiger partial charge in [-0.2, -0.15) is 0 Å². The van der Waals surface area contributed by atoms with Gasteiger partial charge in [0.05, 0.1) is 32.4 Å². The van der Waals surface area contributed by atoms with Crippen LogP contribution >= 0.6 is 0 Å². The van der Waals surface area contributed by atoms with Crippen LogP contribution in [0.15, 0.2) is 35.1 Å². The van der Waals surface area contributed by atoms with Crippen LogP contribution in [0.1, 0.15) is 12.5 Å². The fraction of sp³-hybridized carbons (Fsp3) is 0.273. The highest BCUT2D eigenvalue weighted by Gasteiger charge is 2.23. The first kappa shape index (κ1) is 18.9. The summed E-state index contributed by atoms with van der Waals surface area (Å²) in [7, 11) is 4.63. The molecule has 3 aromatic rings. The van der Waals surface area contributed by atoms with Gasteiger partial charge in [-0.1, -0.05) is 0 Å². The van der Waals surface area contributed by atoms with Crippen molar-refractivity contribution in [1.29, 1.82) is 0 Å². The van der Waals surface area contributed by atoms with E-state index in [1.54, 1.807) is 37.0 Å². The Morgan fingerprint density at radius 3 is 2.21 bits per heavy atom. The molecular formula is C22H21NO6. The van der Waals surface area contributed by atoms with Crippen molar-refractivity contribution in [2.75, 3.05) is 21.3 Å². The largest absolute Gasteiger partial charge is 0.493 e. The molecule has 7 heteroatoms. The maximum atomic E-state index is 13.2. The van der Waals surface area contributed by atoms with E-state index >= 15 is 0 Å². The third kappa shape index (κ3) is 3.08. The lowest BCUT2D eigenvalue weighted by Crippen LogP contribution is -2.26. The van der Waals surface area contributed by atoms with Crippen LogP contribution in [0.5, 0.6) is 23.0 Å². The molecule has 1 aromatic heterocycles. The molecule has 0 atom stereocenters. The molecular weight excluding hydrogens is 374 g/mol. The molecule has 0 spiro atoms. The number of rotatable bonds is 4. The van der Waals surface area contributed by atoms with Crippen molar-refractivity contribution in [1.82, 2.24) is 4.57 Å². The molecule has 0 N–H and O–H groups in total. The van der Waals surface area contributed by atoms with Crippen molar-refractivity contribution in [2.24, 2.45) is 0 Å². The molecule has 7 nitrogen and oxygen atoms in total. The van der Waals surface area contributed by atoms with Crippen LogP contribution in [0.2, 0.25) is 0 Å². The maximum Gasteiger partial charge on any atom is 0.308 e. The summed E-state index contributed by atoms with van der Waals surface area (Å²) in [5.41, 5.74) is 2.51. The zero-order chi connectivity index (χ0) is 20.7. The summed E-state index contributed by atoms with van der Waals surface area (Å²) in [5, 5.41) is 1.31. The van der Waals surface area contributed by atoms with E-state index in [1.807, 2.05) is 12.1 Å². The Balaban J connectivity index is 1.98. The van der Waals surface area contributed by atoms with Gasteiger partial charge in [-0.15, -0.1) is 0 Å². The first-order chi connectivity index (χ1) is 14.0. The first-order valence-corrected chi connectivity index (χ1v) is 9.16. The number of nitrogens with zero attached hydrogens (tertiary/aromatic N) is 1. The van der Waals surface area contributed by atoms with Crippen molar-refractivity contribution in [2.45, 2.75) is 19.9 Å². The number of pyridine rings is 1. The summed E-state index contributed by atoms with van der Waals surface area (Å²) in [6, 6.07) is 9.06. The third-order valence-corrected chi connectivity index (χ3v) is 5.14. The zero-order valence-corrected chi connectivity index (χ0v) is 16.7. The highest BCUT2D eigenvalue weighted by atomic mass is 16.6. The highest BCUT2D eigenvalue weighted by molar-refractivity contribution is 5.89. The second-order valence-corrected chi connectivity index (χ2v) is 6.78. The number of esters is 1. The van der Waals surface area contributed by atoms with Crippen LogP contribution in [0.3, 0.4) is 0 Å². The van der Waals surface area contributed by atoms with Crippen LogP contribution in [0.25, 0.3) is 22.0 Å². The Morgan fingerprint density at radius 2 is 1.55 bits per heavy atom. The number of hydrogen-bond donors (Lipinski definition) is 0. The van der Waals surface area contributed by atoms with Gasteiger partial charge < -0.3 is 23.5 Å². The molecule has 2 aromatic carbocycles. The second kappa shape index (κ2) is 7.16. The van der Waals surface area contributed by atoms with Crippen LogP contribution in [0.4, 0.5) is 0 Å². The number of carbonyl (C=O) groups excluding carboxylic acids is 1. The molecule has 0 saturated heterocycles. The molecule has 29 heavy (non-hydrogen) atoms. The highest BCUT2D eigenvalue weighted by Crippen LogP contribution is 2.40. The lowest BCUT2D eigenvalue weighted by Gasteiger charge is -2.24. The van der Waals surface area contributed by atoms with Crippen LogP contribution in [-0.2, 0) is 17.8 Å². The van der Waals surface area contributed by atoms with Crippen LogP contribution in [0, 0.1) is 0 Å². The van der Waals surface area contributed by atoms with E-state index in [0.717, 1.165) is 22.2 Å². The Labute approximate surface area is 167 Å². The van der Waals surface area contributed by atoms with E-state index in [0.29, 0.717) is 41.3 Å². The molecule has 0 fully saturated rings. The van der Waals surface area contributed by atoms with Gasteiger partial charge in [0.2, 0.25) is 0 Å². The van der Waals surface area contributed by atoms with Crippen molar-refractivity contribution in [3.8, 4) is 34.3 Å². The van der Waals surface area contributed by atoms with Crippen LogP contribution < -0.4 is 24.5 Å². The molecule has 0 amide bonds. The van der Waals surface area contributed by atoms with Gasteiger partial charge in [-0.3, -0.25) is 9.59 Å². The van der Waals surface area contributed by atoms with Crippen molar-refractivity contribution in [3.63, 3.8) is 0 Å². The number of methoxy groups -OCH3 is 3. The van der Waals surface area contributed by atoms with E-state index in [9.17, 15) is 9.59 Å². The smallest absolute Gasteiger partial charge is 0.308 e. The zero-order valence-electron chi connectivity index (χ0n) is 16.7. The maximum absolute atomic E-state index is 13.2. The van der Waals surface area contributed by atoms with Gasteiger partial charge in [0.25, 0.3) is 5.56 Å². The summed E-state index contributed by atoms with van der Waals surface area (Å²) in [5.74, 6) is 1.44. The SMILES string of the molecule is COc1cc2cc3n(c(=O)c2cc1OC)CCc1cc(OC)c(OC(C)=O)cc1-3. The Morgan fingerprint density at radius 1 is 0.897 bits per heavy atom.